The first-order valence-electron chi connectivity index (χ1n) is 3.84. The van der Waals surface area contributed by atoms with Gasteiger partial charge in [0.1, 0.15) is 0 Å². The maximum atomic E-state index is 12.4. The van der Waals surface area contributed by atoms with Crippen LogP contribution in [0.15, 0.2) is 29.3 Å². The molecule has 1 aromatic carbocycles. The molecule has 0 aliphatic carbocycles. The van der Waals surface area contributed by atoms with Gasteiger partial charge in [-0.05, 0) is 6.07 Å². The molecule has 0 unspecified atom stereocenters. The quantitative estimate of drug-likeness (QED) is 0.735. The average molecular weight is 217 g/mol. The van der Waals surface area contributed by atoms with Crippen LogP contribution in [0.5, 0.6) is 0 Å². The molecule has 6 heteroatoms. The maximum absolute atomic E-state index is 12.4. The van der Waals surface area contributed by atoms with E-state index in [-0.39, 0.29) is 5.56 Å². The van der Waals surface area contributed by atoms with Gasteiger partial charge in [-0.3, -0.25) is 0 Å². The minimum absolute atomic E-state index is 0.271. The number of hydrogen-bond acceptors (Lipinski definition) is 1. The van der Waals surface area contributed by atoms with Gasteiger partial charge in [-0.15, -0.1) is 0 Å². The van der Waals surface area contributed by atoms with Crippen LogP contribution in [-0.4, -0.2) is 17.4 Å². The molecule has 0 heterocycles. The minimum Gasteiger partial charge on any atom is -0.463 e. The molecule has 0 bridgehead atoms. The molecule has 1 N–H and O–H groups in total. The number of alkyl halides is 3. The van der Waals surface area contributed by atoms with Gasteiger partial charge >= 0.3 is 12.3 Å². The van der Waals surface area contributed by atoms with Crippen LogP contribution >= 0.6 is 0 Å². The first-order chi connectivity index (χ1) is 6.91. The largest absolute Gasteiger partial charge is 0.463 e. The molecule has 0 aromatic heterocycles. The lowest BCUT2D eigenvalue weighted by molar-refractivity contribution is -0.137. The van der Waals surface area contributed by atoms with Crippen LogP contribution in [0.3, 0.4) is 0 Å². The van der Waals surface area contributed by atoms with Gasteiger partial charge in [0.05, 0.1) is 5.56 Å². The van der Waals surface area contributed by atoms with Crippen LogP contribution in [0, 0.1) is 0 Å². The lowest BCUT2D eigenvalue weighted by Crippen LogP contribution is -2.08. The van der Waals surface area contributed by atoms with Gasteiger partial charge in [-0.1, -0.05) is 18.2 Å². The molecule has 15 heavy (non-hydrogen) atoms. The Morgan fingerprint density at radius 2 is 1.93 bits per heavy atom. The number of hydrogen-bond donors (Lipinski definition) is 1. The van der Waals surface area contributed by atoms with Crippen molar-refractivity contribution in [2.45, 2.75) is 6.18 Å². The fraction of sp³-hybridized carbons (Fsp3) is 0.111. The van der Waals surface area contributed by atoms with Crippen molar-refractivity contribution >= 4 is 12.3 Å². The highest BCUT2D eigenvalue weighted by molar-refractivity contribution is 5.89. The van der Waals surface area contributed by atoms with Gasteiger partial charge in [0.15, 0.2) is 0 Å². The van der Waals surface area contributed by atoms with Gasteiger partial charge in [0.2, 0.25) is 0 Å². The smallest absolute Gasteiger partial charge is 0.431 e. The number of rotatable bonds is 1. The van der Waals surface area contributed by atoms with Gasteiger partial charge in [-0.2, -0.15) is 18.2 Å². The molecule has 1 rings (SSSR count). The van der Waals surface area contributed by atoms with E-state index >= 15 is 0 Å². The summed E-state index contributed by atoms with van der Waals surface area (Å²) in [5.41, 5.74) is -1.18. The SMILES string of the molecule is O=C(O)/N=C/c1ccccc1C(F)(F)F. The third-order valence-corrected chi connectivity index (χ3v) is 1.58. The van der Waals surface area contributed by atoms with E-state index in [1.165, 1.54) is 12.1 Å². The second-order valence-corrected chi connectivity index (χ2v) is 2.63. The normalized spacial score (nSPS) is 11.9. The number of aliphatic imine (C=N–C) groups is 1. The Morgan fingerprint density at radius 1 is 1.33 bits per heavy atom. The van der Waals surface area contributed by atoms with E-state index in [0.717, 1.165) is 12.1 Å². The number of nitrogens with zero attached hydrogens (tertiary/aromatic N) is 1. The molecule has 0 aliphatic rings. The van der Waals surface area contributed by atoms with E-state index in [4.69, 9.17) is 5.11 Å². The summed E-state index contributed by atoms with van der Waals surface area (Å²) in [4.78, 5) is 12.9. The topological polar surface area (TPSA) is 49.7 Å². The highest BCUT2D eigenvalue weighted by Crippen LogP contribution is 2.30. The fourth-order valence-corrected chi connectivity index (χ4v) is 0.993. The number of halogens is 3. The van der Waals surface area contributed by atoms with Crippen molar-refractivity contribution in [3.05, 3.63) is 35.4 Å². The zero-order valence-corrected chi connectivity index (χ0v) is 7.32. The molecule has 0 radical (unpaired) electrons. The summed E-state index contributed by atoms with van der Waals surface area (Å²) in [6, 6.07) is 4.61. The summed E-state index contributed by atoms with van der Waals surface area (Å²) in [6.07, 6.45) is -5.38. The van der Waals surface area contributed by atoms with E-state index in [2.05, 4.69) is 4.99 Å². The summed E-state index contributed by atoms with van der Waals surface area (Å²) in [5.74, 6) is 0. The molecule has 3 nitrogen and oxygen atoms in total. The van der Waals surface area contributed by atoms with Crippen LogP contribution in [0.25, 0.3) is 0 Å². The number of amides is 1. The van der Waals surface area contributed by atoms with E-state index in [1.807, 2.05) is 0 Å². The van der Waals surface area contributed by atoms with Crippen LogP contribution in [0.1, 0.15) is 11.1 Å². The van der Waals surface area contributed by atoms with Crippen molar-refractivity contribution < 1.29 is 23.1 Å². The predicted molar refractivity (Wildman–Crippen MR) is 47.1 cm³/mol. The van der Waals surface area contributed by atoms with Crippen LogP contribution in [0.4, 0.5) is 18.0 Å². The Balaban J connectivity index is 3.13. The number of carboxylic acid groups (broad SMARTS) is 1. The Labute approximate surface area is 82.9 Å². The lowest BCUT2D eigenvalue weighted by atomic mass is 10.1. The van der Waals surface area contributed by atoms with E-state index in [9.17, 15) is 18.0 Å². The third-order valence-electron chi connectivity index (χ3n) is 1.58. The second-order valence-electron chi connectivity index (χ2n) is 2.63. The molecule has 1 aromatic rings. The van der Waals surface area contributed by atoms with E-state index < -0.39 is 17.8 Å². The molecule has 0 aliphatic heterocycles. The number of carbonyl (C=O) groups is 1. The second kappa shape index (κ2) is 4.12. The summed E-state index contributed by atoms with van der Waals surface area (Å²) < 4.78 is 37.1. The monoisotopic (exact) mass is 217 g/mol. The van der Waals surface area contributed by atoms with Crippen molar-refractivity contribution in [3.8, 4) is 0 Å². The number of benzene rings is 1. The van der Waals surface area contributed by atoms with Crippen molar-refractivity contribution in [3.63, 3.8) is 0 Å². The van der Waals surface area contributed by atoms with Crippen molar-refractivity contribution in [1.29, 1.82) is 0 Å². The van der Waals surface area contributed by atoms with Crippen LogP contribution in [-0.2, 0) is 6.18 Å². The Hall–Kier alpha value is -1.85. The van der Waals surface area contributed by atoms with E-state index in [0.29, 0.717) is 6.21 Å². The molecular formula is C9H6F3NO2. The maximum Gasteiger partial charge on any atom is 0.431 e. The standard InChI is InChI=1S/C9H6F3NO2/c10-9(11,12)7-4-2-1-3-6(7)5-13-8(14)15/h1-5H,(H,14,15)/b13-5+. The van der Waals surface area contributed by atoms with Crippen LogP contribution in [0.2, 0.25) is 0 Å². The fourth-order valence-electron chi connectivity index (χ4n) is 0.993. The molecule has 0 fully saturated rings. The Bertz CT molecular complexity index is 399. The minimum atomic E-state index is -4.51. The van der Waals surface area contributed by atoms with Gasteiger partial charge < -0.3 is 5.11 Å². The summed E-state index contributed by atoms with van der Waals surface area (Å²) in [7, 11) is 0. The first kappa shape index (κ1) is 11.2. The average Bonchev–Trinajstić information content (AvgIpc) is 2.13. The summed E-state index contributed by atoms with van der Waals surface area (Å²) in [5, 5.41) is 8.19. The molecule has 1 amide bonds. The Kier molecular flexibility index (Phi) is 3.08. The molecule has 0 atom stereocenters. The van der Waals surface area contributed by atoms with Crippen molar-refractivity contribution in [2.24, 2.45) is 4.99 Å². The van der Waals surface area contributed by atoms with Gasteiger partial charge in [-0.25, -0.2) is 4.79 Å². The molecular weight excluding hydrogens is 211 g/mol. The molecule has 0 spiro atoms. The highest BCUT2D eigenvalue weighted by atomic mass is 19.4. The highest BCUT2D eigenvalue weighted by Gasteiger charge is 2.32. The summed E-state index contributed by atoms with van der Waals surface area (Å²) in [6.45, 7) is 0. The third kappa shape index (κ3) is 3.08. The van der Waals surface area contributed by atoms with Gasteiger partial charge in [0.25, 0.3) is 0 Å². The zero-order chi connectivity index (χ0) is 11.5. The van der Waals surface area contributed by atoms with E-state index in [1.54, 1.807) is 0 Å². The van der Waals surface area contributed by atoms with Crippen LogP contribution < -0.4 is 0 Å². The zero-order valence-electron chi connectivity index (χ0n) is 7.32. The summed E-state index contributed by atoms with van der Waals surface area (Å²) >= 11 is 0. The lowest BCUT2D eigenvalue weighted by Gasteiger charge is -2.08. The Morgan fingerprint density at radius 3 is 2.47 bits per heavy atom. The van der Waals surface area contributed by atoms with Gasteiger partial charge in [0, 0.05) is 11.8 Å². The first-order valence-corrected chi connectivity index (χ1v) is 3.84. The molecule has 80 valence electrons. The van der Waals surface area contributed by atoms with Crippen molar-refractivity contribution in [1.82, 2.24) is 0 Å². The molecule has 0 saturated carbocycles. The molecule has 0 saturated heterocycles. The predicted octanol–water partition coefficient (Wildman–Crippen LogP) is 2.80. The van der Waals surface area contributed by atoms with Crippen molar-refractivity contribution in [2.75, 3.05) is 0 Å².